The van der Waals surface area contributed by atoms with Crippen molar-refractivity contribution >= 4 is 44.3 Å². The summed E-state index contributed by atoms with van der Waals surface area (Å²) in [5, 5.41) is 13.0. The molecule has 1 aromatic carbocycles. The van der Waals surface area contributed by atoms with Gasteiger partial charge in [0.1, 0.15) is 4.21 Å². The van der Waals surface area contributed by atoms with Gasteiger partial charge >= 0.3 is 6.01 Å². The highest BCUT2D eigenvalue weighted by Crippen LogP contribution is 2.33. The molecule has 5 rings (SSSR count). The molecule has 1 saturated heterocycles. The summed E-state index contributed by atoms with van der Waals surface area (Å²) in [7, 11) is -3.61. The number of carbonyl (C=O) groups is 1. The van der Waals surface area contributed by atoms with Gasteiger partial charge in [-0.3, -0.25) is 10.1 Å². The molecule has 1 N–H and O–H groups in total. The van der Waals surface area contributed by atoms with E-state index in [1.807, 2.05) is 25.1 Å². The molecule has 0 saturated carbocycles. The van der Waals surface area contributed by atoms with Crippen LogP contribution in [0.3, 0.4) is 0 Å². The smallest absolute Gasteiger partial charge is 0.322 e. The van der Waals surface area contributed by atoms with E-state index >= 15 is 0 Å². The lowest BCUT2D eigenvalue weighted by Crippen LogP contribution is -2.43. The largest absolute Gasteiger partial charge is 0.490 e. The lowest BCUT2D eigenvalue weighted by Gasteiger charge is -2.30. The van der Waals surface area contributed by atoms with Crippen molar-refractivity contribution in [2.24, 2.45) is 5.92 Å². The molecule has 1 aliphatic rings. The van der Waals surface area contributed by atoms with Gasteiger partial charge in [0, 0.05) is 18.5 Å². The predicted octanol–water partition coefficient (Wildman–Crippen LogP) is 3.98. The molecule has 34 heavy (non-hydrogen) atoms. The van der Waals surface area contributed by atoms with E-state index in [2.05, 4.69) is 15.5 Å². The van der Waals surface area contributed by atoms with Gasteiger partial charge in [-0.05, 0) is 43.3 Å². The van der Waals surface area contributed by atoms with Gasteiger partial charge in [0.25, 0.3) is 15.9 Å². The number of amides is 1. The molecule has 10 nitrogen and oxygen atoms in total. The second-order valence-corrected chi connectivity index (χ2v) is 10.9. The van der Waals surface area contributed by atoms with Crippen LogP contribution in [0, 0.1) is 5.92 Å². The van der Waals surface area contributed by atoms with E-state index in [-0.39, 0.29) is 28.6 Å². The molecule has 1 unspecified atom stereocenters. The lowest BCUT2D eigenvalue weighted by molar-refractivity contribution is -0.121. The number of ether oxygens (including phenoxy) is 1. The summed E-state index contributed by atoms with van der Waals surface area (Å²) in [6, 6.07) is 10.5. The standard InChI is InChI=1S/C22H22N4O6S2/c1-2-30-16-8-3-6-14-12-17(31-19(14)16)21-24-25-22(32-21)23-20(27)15-7-4-10-26(13-15)34(28,29)18-9-5-11-33-18/h3,5-6,8-9,11-12,15H,2,4,7,10,13H2,1H3,(H,23,25,27). The average molecular weight is 503 g/mol. The van der Waals surface area contributed by atoms with Gasteiger partial charge in [-0.2, -0.15) is 4.31 Å². The van der Waals surface area contributed by atoms with E-state index in [1.54, 1.807) is 23.6 Å². The van der Waals surface area contributed by atoms with Crippen LogP contribution in [0.5, 0.6) is 5.75 Å². The molecule has 4 heterocycles. The first kappa shape index (κ1) is 22.6. The molecule has 0 spiro atoms. The van der Waals surface area contributed by atoms with Gasteiger partial charge < -0.3 is 13.6 Å². The number of hydrogen-bond acceptors (Lipinski definition) is 9. The molecule has 0 aliphatic carbocycles. The number of hydrogen-bond donors (Lipinski definition) is 1. The van der Waals surface area contributed by atoms with Crippen LogP contribution in [-0.2, 0) is 14.8 Å². The monoisotopic (exact) mass is 502 g/mol. The van der Waals surface area contributed by atoms with E-state index in [4.69, 9.17) is 13.6 Å². The molecule has 0 radical (unpaired) electrons. The zero-order chi connectivity index (χ0) is 23.7. The highest BCUT2D eigenvalue weighted by atomic mass is 32.2. The third kappa shape index (κ3) is 4.31. The zero-order valence-electron chi connectivity index (χ0n) is 18.3. The van der Waals surface area contributed by atoms with Crippen LogP contribution < -0.4 is 10.1 Å². The number of nitrogens with one attached hydrogen (secondary N) is 1. The Morgan fingerprint density at radius 3 is 2.94 bits per heavy atom. The molecule has 178 valence electrons. The molecule has 12 heteroatoms. The Balaban J connectivity index is 1.29. The first-order valence-electron chi connectivity index (χ1n) is 10.8. The van der Waals surface area contributed by atoms with Crippen molar-refractivity contribution in [1.82, 2.24) is 14.5 Å². The van der Waals surface area contributed by atoms with Gasteiger partial charge in [0.05, 0.1) is 12.5 Å². The van der Waals surface area contributed by atoms with Crippen LogP contribution in [0.25, 0.3) is 22.6 Å². The van der Waals surface area contributed by atoms with E-state index in [0.717, 1.165) is 16.7 Å². The number of sulfonamides is 1. The minimum absolute atomic E-state index is 0.0799. The van der Waals surface area contributed by atoms with Crippen molar-refractivity contribution in [1.29, 1.82) is 0 Å². The number of para-hydroxylation sites is 1. The molecule has 1 fully saturated rings. The summed E-state index contributed by atoms with van der Waals surface area (Å²) < 4.78 is 44.3. The Kier molecular flexibility index (Phi) is 6.11. The number of anilines is 1. The Bertz CT molecular complexity index is 1410. The van der Waals surface area contributed by atoms with Crippen molar-refractivity contribution in [3.05, 3.63) is 41.8 Å². The molecule has 1 aliphatic heterocycles. The number of furan rings is 1. The van der Waals surface area contributed by atoms with E-state index in [9.17, 15) is 13.2 Å². The Morgan fingerprint density at radius 2 is 2.15 bits per heavy atom. The van der Waals surface area contributed by atoms with Crippen LogP contribution >= 0.6 is 11.3 Å². The summed E-state index contributed by atoms with van der Waals surface area (Å²) >= 11 is 1.16. The van der Waals surface area contributed by atoms with Crippen LogP contribution in [-0.4, -0.2) is 48.5 Å². The summed E-state index contributed by atoms with van der Waals surface area (Å²) in [6.45, 7) is 2.86. The fourth-order valence-electron chi connectivity index (χ4n) is 3.90. The third-order valence-electron chi connectivity index (χ3n) is 5.52. The van der Waals surface area contributed by atoms with E-state index in [1.165, 1.54) is 4.31 Å². The summed E-state index contributed by atoms with van der Waals surface area (Å²) in [5.41, 5.74) is 0.567. The number of thiophene rings is 1. The maximum absolute atomic E-state index is 12.8. The van der Waals surface area contributed by atoms with Gasteiger partial charge in [-0.15, -0.1) is 16.4 Å². The van der Waals surface area contributed by atoms with E-state index in [0.29, 0.717) is 43.1 Å². The first-order chi connectivity index (χ1) is 16.5. The number of piperidine rings is 1. The first-order valence-corrected chi connectivity index (χ1v) is 13.1. The maximum atomic E-state index is 12.8. The lowest BCUT2D eigenvalue weighted by atomic mass is 9.99. The highest BCUT2D eigenvalue weighted by molar-refractivity contribution is 7.91. The fourth-order valence-corrected chi connectivity index (χ4v) is 6.57. The van der Waals surface area contributed by atoms with Crippen LogP contribution in [0.1, 0.15) is 19.8 Å². The Morgan fingerprint density at radius 1 is 1.26 bits per heavy atom. The molecule has 3 aromatic heterocycles. The van der Waals surface area contributed by atoms with Crippen molar-refractivity contribution in [2.45, 2.75) is 24.0 Å². The summed E-state index contributed by atoms with van der Waals surface area (Å²) in [4.78, 5) is 12.8. The molecule has 1 atom stereocenters. The molecular weight excluding hydrogens is 480 g/mol. The predicted molar refractivity (Wildman–Crippen MR) is 125 cm³/mol. The van der Waals surface area contributed by atoms with Crippen molar-refractivity contribution < 1.29 is 26.8 Å². The fraction of sp³-hybridized carbons (Fsp3) is 0.318. The molecule has 1 amide bonds. The normalized spacial score (nSPS) is 17.1. The second kappa shape index (κ2) is 9.20. The third-order valence-corrected chi connectivity index (χ3v) is 8.76. The minimum atomic E-state index is -3.61. The van der Waals surface area contributed by atoms with E-state index < -0.39 is 15.9 Å². The second-order valence-electron chi connectivity index (χ2n) is 7.75. The van der Waals surface area contributed by atoms with Crippen LogP contribution in [0.15, 0.2) is 54.8 Å². The Hall–Kier alpha value is -3.22. The van der Waals surface area contributed by atoms with Gasteiger partial charge in [-0.25, -0.2) is 8.42 Å². The van der Waals surface area contributed by atoms with Gasteiger partial charge in [-0.1, -0.05) is 23.3 Å². The van der Waals surface area contributed by atoms with Crippen LogP contribution in [0.4, 0.5) is 6.01 Å². The van der Waals surface area contributed by atoms with Gasteiger partial charge in [0.15, 0.2) is 17.1 Å². The minimum Gasteiger partial charge on any atom is -0.490 e. The number of fused-ring (bicyclic) bond motifs is 1. The number of nitrogens with zero attached hydrogens (tertiary/aromatic N) is 3. The average Bonchev–Trinajstić information content (AvgIpc) is 3.60. The topological polar surface area (TPSA) is 128 Å². The zero-order valence-corrected chi connectivity index (χ0v) is 19.9. The van der Waals surface area contributed by atoms with Crippen molar-refractivity contribution in [3.63, 3.8) is 0 Å². The summed E-state index contributed by atoms with van der Waals surface area (Å²) in [6.07, 6.45) is 1.14. The number of benzene rings is 1. The number of aromatic nitrogens is 2. The quantitative estimate of drug-likeness (QED) is 0.402. The molecule has 0 bridgehead atoms. The molecule has 4 aromatic rings. The van der Waals surface area contributed by atoms with Crippen molar-refractivity contribution in [3.8, 4) is 17.4 Å². The molecular formula is C22H22N4O6S2. The SMILES string of the molecule is CCOc1cccc2cc(-c3nnc(NC(=O)C4CCCN(S(=O)(=O)c5cccs5)C4)o3)oc12. The maximum Gasteiger partial charge on any atom is 0.322 e. The van der Waals surface area contributed by atoms with Crippen molar-refractivity contribution in [2.75, 3.05) is 25.0 Å². The highest BCUT2D eigenvalue weighted by Gasteiger charge is 2.34. The number of carbonyl (C=O) groups excluding carboxylic acids is 1. The van der Waals surface area contributed by atoms with Gasteiger partial charge in [0.2, 0.25) is 5.91 Å². The summed E-state index contributed by atoms with van der Waals surface area (Å²) in [5.74, 6) is 0.169. The Labute approximate surface area is 199 Å². The number of rotatable bonds is 7. The van der Waals surface area contributed by atoms with Crippen LogP contribution in [0.2, 0.25) is 0 Å².